The summed E-state index contributed by atoms with van der Waals surface area (Å²) in [5.74, 6) is -0.257. The standard InChI is InChI=1S/C26H31N5O2S/c1-17(2)30(18(3)4)14-15-31-25(33)21-11-7-9-13-23(21)29-26(31)34-19(5)24(32)28-22-12-8-6-10-20(22)16-27/h6-13,17-19H,14-15H2,1-5H3,(H,28,32). The molecule has 0 bridgehead atoms. The number of nitrogens with one attached hydrogen (secondary N) is 1. The molecule has 3 rings (SSSR count). The maximum atomic E-state index is 13.4. The largest absolute Gasteiger partial charge is 0.324 e. The highest BCUT2D eigenvalue weighted by Crippen LogP contribution is 2.24. The van der Waals surface area contributed by atoms with E-state index in [-0.39, 0.29) is 11.5 Å². The van der Waals surface area contributed by atoms with Crippen LogP contribution < -0.4 is 10.9 Å². The number of hydrogen-bond donors (Lipinski definition) is 1. The molecule has 0 aliphatic heterocycles. The van der Waals surface area contributed by atoms with Crippen molar-refractivity contribution >= 4 is 34.3 Å². The second-order valence-corrected chi connectivity index (χ2v) is 10.0. The third-order valence-corrected chi connectivity index (χ3v) is 6.78. The number of rotatable bonds is 9. The van der Waals surface area contributed by atoms with E-state index in [9.17, 15) is 14.9 Å². The molecule has 8 heteroatoms. The summed E-state index contributed by atoms with van der Waals surface area (Å²) in [7, 11) is 0. The van der Waals surface area contributed by atoms with Gasteiger partial charge in [-0.25, -0.2) is 4.98 Å². The second-order valence-electron chi connectivity index (χ2n) is 8.70. The molecule has 0 saturated carbocycles. The Morgan fingerprint density at radius 2 is 1.74 bits per heavy atom. The zero-order valence-corrected chi connectivity index (χ0v) is 21.1. The predicted molar refractivity (Wildman–Crippen MR) is 138 cm³/mol. The average Bonchev–Trinajstić information content (AvgIpc) is 2.80. The summed E-state index contributed by atoms with van der Waals surface area (Å²) in [4.78, 5) is 33.4. The quantitative estimate of drug-likeness (QED) is 0.360. The molecule has 178 valence electrons. The third-order valence-electron chi connectivity index (χ3n) is 5.69. The zero-order valence-electron chi connectivity index (χ0n) is 20.3. The van der Waals surface area contributed by atoms with E-state index in [1.54, 1.807) is 41.8 Å². The van der Waals surface area contributed by atoms with Gasteiger partial charge in [0.15, 0.2) is 5.16 Å². The number of carbonyl (C=O) groups excluding carboxylic acids is 1. The number of nitrogens with zero attached hydrogens (tertiary/aromatic N) is 4. The van der Waals surface area contributed by atoms with Crippen molar-refractivity contribution in [2.45, 2.75) is 63.7 Å². The second kappa shape index (κ2) is 11.3. The fourth-order valence-corrected chi connectivity index (χ4v) is 4.83. The van der Waals surface area contributed by atoms with Gasteiger partial charge in [-0.2, -0.15) is 5.26 Å². The SMILES string of the molecule is CC(Sc1nc2ccccc2c(=O)n1CCN(C(C)C)C(C)C)C(=O)Nc1ccccc1C#N. The highest BCUT2D eigenvalue weighted by atomic mass is 32.2. The summed E-state index contributed by atoms with van der Waals surface area (Å²) in [6.07, 6.45) is 0. The first-order valence-corrected chi connectivity index (χ1v) is 12.3. The first kappa shape index (κ1) is 25.5. The molecule has 1 aromatic heterocycles. The molecule has 3 aromatic rings. The molecule has 1 amide bonds. The van der Waals surface area contributed by atoms with Gasteiger partial charge in [0.2, 0.25) is 5.91 Å². The molecule has 34 heavy (non-hydrogen) atoms. The van der Waals surface area contributed by atoms with Crippen LogP contribution in [-0.4, -0.2) is 44.2 Å². The number of amides is 1. The molecule has 2 aromatic carbocycles. The molecule has 1 atom stereocenters. The fourth-order valence-electron chi connectivity index (χ4n) is 3.90. The lowest BCUT2D eigenvalue weighted by Crippen LogP contribution is -2.40. The van der Waals surface area contributed by atoms with Crippen LogP contribution in [0.1, 0.15) is 40.2 Å². The lowest BCUT2D eigenvalue weighted by atomic mass is 10.2. The number of hydrogen-bond acceptors (Lipinski definition) is 6. The molecule has 1 unspecified atom stereocenters. The first-order valence-electron chi connectivity index (χ1n) is 11.4. The summed E-state index contributed by atoms with van der Waals surface area (Å²) < 4.78 is 1.68. The van der Waals surface area contributed by atoms with Crippen molar-refractivity contribution in [1.29, 1.82) is 5.26 Å². The van der Waals surface area contributed by atoms with Crippen molar-refractivity contribution in [3.63, 3.8) is 0 Å². The van der Waals surface area contributed by atoms with Crippen molar-refractivity contribution in [2.75, 3.05) is 11.9 Å². The molecule has 0 aliphatic rings. The molecule has 7 nitrogen and oxygen atoms in total. The fraction of sp³-hybridized carbons (Fsp3) is 0.385. The summed E-state index contributed by atoms with van der Waals surface area (Å²) in [6.45, 7) is 11.5. The lowest BCUT2D eigenvalue weighted by molar-refractivity contribution is -0.115. The van der Waals surface area contributed by atoms with E-state index in [1.165, 1.54) is 11.8 Å². The minimum Gasteiger partial charge on any atom is -0.324 e. The van der Waals surface area contributed by atoms with Gasteiger partial charge in [0.1, 0.15) is 6.07 Å². The molecule has 1 heterocycles. The highest BCUT2D eigenvalue weighted by molar-refractivity contribution is 8.00. The normalized spacial score (nSPS) is 12.3. The molecular weight excluding hydrogens is 446 g/mol. The van der Waals surface area contributed by atoms with E-state index in [2.05, 4.69) is 44.0 Å². The minimum atomic E-state index is -0.530. The Morgan fingerprint density at radius 1 is 1.09 bits per heavy atom. The highest BCUT2D eigenvalue weighted by Gasteiger charge is 2.21. The van der Waals surface area contributed by atoms with Crippen LogP contribution in [0, 0.1) is 11.3 Å². The van der Waals surface area contributed by atoms with Gasteiger partial charge in [-0.05, 0) is 58.9 Å². The van der Waals surface area contributed by atoms with Crippen LogP contribution in [0.4, 0.5) is 5.69 Å². The molecule has 0 spiro atoms. The van der Waals surface area contributed by atoms with Gasteiger partial charge in [0.25, 0.3) is 5.56 Å². The van der Waals surface area contributed by atoms with Crippen LogP contribution in [0.5, 0.6) is 0 Å². The van der Waals surface area contributed by atoms with E-state index in [0.29, 0.717) is 52.5 Å². The number of para-hydroxylation sites is 2. The van der Waals surface area contributed by atoms with E-state index in [0.717, 1.165) is 0 Å². The average molecular weight is 478 g/mol. The van der Waals surface area contributed by atoms with Gasteiger partial charge < -0.3 is 5.32 Å². The van der Waals surface area contributed by atoms with Gasteiger partial charge in [-0.1, -0.05) is 36.0 Å². The summed E-state index contributed by atoms with van der Waals surface area (Å²) in [5.41, 5.74) is 1.37. The summed E-state index contributed by atoms with van der Waals surface area (Å²) in [6, 6.07) is 16.9. The first-order chi connectivity index (χ1) is 16.2. The van der Waals surface area contributed by atoms with Crippen LogP contribution in [-0.2, 0) is 11.3 Å². The van der Waals surface area contributed by atoms with Crippen molar-refractivity contribution in [3.05, 3.63) is 64.4 Å². The lowest BCUT2D eigenvalue weighted by Gasteiger charge is -2.31. The number of benzene rings is 2. The van der Waals surface area contributed by atoms with Crippen molar-refractivity contribution < 1.29 is 4.79 Å². The van der Waals surface area contributed by atoms with Crippen LogP contribution >= 0.6 is 11.8 Å². The van der Waals surface area contributed by atoms with Crippen LogP contribution in [0.2, 0.25) is 0 Å². The summed E-state index contributed by atoms with van der Waals surface area (Å²) in [5, 5.41) is 12.7. The van der Waals surface area contributed by atoms with Gasteiger partial charge >= 0.3 is 0 Å². The summed E-state index contributed by atoms with van der Waals surface area (Å²) >= 11 is 1.25. The predicted octanol–water partition coefficient (Wildman–Crippen LogP) is 4.51. The van der Waals surface area contributed by atoms with E-state index in [1.807, 2.05) is 18.2 Å². The van der Waals surface area contributed by atoms with Gasteiger partial charge in [0.05, 0.1) is 27.4 Å². The van der Waals surface area contributed by atoms with Crippen molar-refractivity contribution in [2.24, 2.45) is 0 Å². The number of aromatic nitrogens is 2. The number of thioether (sulfide) groups is 1. The monoisotopic (exact) mass is 477 g/mol. The van der Waals surface area contributed by atoms with Crippen molar-refractivity contribution in [3.8, 4) is 6.07 Å². The third kappa shape index (κ3) is 5.85. The van der Waals surface area contributed by atoms with Gasteiger partial charge in [-0.3, -0.25) is 19.1 Å². The molecule has 0 fully saturated rings. The molecule has 0 aliphatic carbocycles. The molecular formula is C26H31N5O2S. The maximum absolute atomic E-state index is 13.4. The Kier molecular flexibility index (Phi) is 8.48. The number of anilines is 1. The Morgan fingerprint density at radius 3 is 2.41 bits per heavy atom. The number of nitriles is 1. The van der Waals surface area contributed by atoms with E-state index in [4.69, 9.17) is 4.98 Å². The minimum absolute atomic E-state index is 0.108. The smallest absolute Gasteiger partial charge is 0.262 e. The van der Waals surface area contributed by atoms with Crippen LogP contribution in [0.3, 0.4) is 0 Å². The van der Waals surface area contributed by atoms with Gasteiger partial charge in [-0.15, -0.1) is 0 Å². The van der Waals surface area contributed by atoms with Crippen molar-refractivity contribution in [1.82, 2.24) is 14.5 Å². The molecule has 1 N–H and O–H groups in total. The Labute approximate surface area is 204 Å². The molecule has 0 radical (unpaired) electrons. The topological polar surface area (TPSA) is 91.0 Å². The number of fused-ring (bicyclic) bond motifs is 1. The van der Waals surface area contributed by atoms with Crippen LogP contribution in [0.15, 0.2) is 58.5 Å². The Bertz CT molecular complexity index is 1250. The van der Waals surface area contributed by atoms with E-state index >= 15 is 0 Å². The van der Waals surface area contributed by atoms with E-state index < -0.39 is 5.25 Å². The maximum Gasteiger partial charge on any atom is 0.262 e. The Hall–Kier alpha value is -3.15. The van der Waals surface area contributed by atoms with Gasteiger partial charge in [0, 0.05) is 25.2 Å². The Balaban J connectivity index is 1.90. The van der Waals surface area contributed by atoms with Crippen LogP contribution in [0.25, 0.3) is 10.9 Å². The zero-order chi connectivity index (χ0) is 24.8. The number of carbonyl (C=O) groups is 1. The molecule has 0 saturated heterocycles.